The number of anilines is 1. The van der Waals surface area contributed by atoms with E-state index in [-0.39, 0.29) is 16.6 Å². The van der Waals surface area contributed by atoms with Gasteiger partial charge in [0.1, 0.15) is 0 Å². The van der Waals surface area contributed by atoms with Crippen LogP contribution in [0.25, 0.3) is 0 Å². The van der Waals surface area contributed by atoms with Crippen LogP contribution in [0.15, 0.2) is 18.2 Å². The molecule has 1 aliphatic carbocycles. The maximum atomic E-state index is 14.2. The average Bonchev–Trinajstić information content (AvgIpc) is 3.30. The fourth-order valence-electron chi connectivity index (χ4n) is 6.97. The van der Waals surface area contributed by atoms with Crippen molar-refractivity contribution in [1.29, 1.82) is 0 Å². The van der Waals surface area contributed by atoms with Crippen molar-refractivity contribution in [2.24, 2.45) is 11.8 Å². The molecular weight excluding hydrogens is 437 g/mol. The molecule has 0 bridgehead atoms. The topological polar surface area (TPSA) is 54.0 Å². The van der Waals surface area contributed by atoms with Crippen molar-refractivity contribution in [3.05, 3.63) is 23.8 Å². The molecule has 0 aromatic heterocycles. The summed E-state index contributed by atoms with van der Waals surface area (Å²) in [6.45, 7) is 17.3. The van der Waals surface area contributed by atoms with Crippen molar-refractivity contribution in [3.63, 3.8) is 0 Å². The van der Waals surface area contributed by atoms with Crippen LogP contribution in [0.5, 0.6) is 0 Å². The summed E-state index contributed by atoms with van der Waals surface area (Å²) in [7, 11) is -0.409. The van der Waals surface area contributed by atoms with Gasteiger partial charge in [0, 0.05) is 30.9 Å². The number of benzene rings is 1. The molecule has 1 N–H and O–H groups in total. The lowest BCUT2D eigenvalue weighted by Crippen LogP contribution is -2.57. The molecule has 0 radical (unpaired) electrons. The van der Waals surface area contributed by atoms with Gasteiger partial charge < -0.3 is 19.5 Å². The minimum Gasteiger partial charge on any atom is -0.399 e. The molecular formula is C28H42BN3O3. The Hall–Kier alpha value is -1.41. The second-order valence-corrected chi connectivity index (χ2v) is 13.1. The number of fused-ring (bicyclic) bond motifs is 2. The average molecular weight is 479 g/mol. The first-order chi connectivity index (χ1) is 16.5. The number of carbonyl (C=O) groups excluding carboxylic acids is 1. The number of piperidine rings is 1. The van der Waals surface area contributed by atoms with Crippen molar-refractivity contribution in [3.8, 4) is 0 Å². The normalized spacial score (nSPS) is 35.5. The molecule has 1 aromatic rings. The molecule has 7 heteroatoms. The van der Waals surface area contributed by atoms with Gasteiger partial charge in [-0.2, -0.15) is 0 Å². The van der Waals surface area contributed by atoms with Crippen molar-refractivity contribution >= 4 is 24.2 Å². The highest BCUT2D eigenvalue weighted by Gasteiger charge is 2.56. The first kappa shape index (κ1) is 24.0. The number of hydrogen-bond donors (Lipinski definition) is 1. The number of rotatable bonds is 3. The van der Waals surface area contributed by atoms with Gasteiger partial charge in [0.25, 0.3) is 0 Å². The molecule has 1 aromatic carbocycles. The van der Waals surface area contributed by atoms with Crippen LogP contribution >= 0.6 is 0 Å². The lowest BCUT2D eigenvalue weighted by atomic mass is 9.72. The summed E-state index contributed by atoms with van der Waals surface area (Å²) in [6.07, 6.45) is 3.92. The minimum absolute atomic E-state index is 0.292. The SMILES string of the molecule is C[C@@H]1CN(C2CC(N3C(=O)C4(CCNCC4)c4ccc(B5OC(C)(C)C(C)(C)O5)cc43)C2)C[C@@H]1C. The zero-order chi connectivity index (χ0) is 24.8. The maximum absolute atomic E-state index is 14.2. The molecule has 2 atom stereocenters. The van der Waals surface area contributed by atoms with E-state index in [2.05, 4.69) is 74.9 Å². The summed E-state index contributed by atoms with van der Waals surface area (Å²) in [4.78, 5) is 19.0. The Morgan fingerprint density at radius 2 is 1.54 bits per heavy atom. The standard InChI is InChI=1S/C28H42BN3O3/c1-18-16-31(17-19(18)2)21-14-22(15-21)32-24-13-20(29-34-26(3,4)27(5,6)35-29)7-8-23(24)28(25(32)33)9-11-30-12-10-28/h7-8,13,18-19,21-22,30H,9-12,14-17H2,1-6H3/t18-,19+,21?,22?. The van der Waals surface area contributed by atoms with Crippen LogP contribution < -0.4 is 15.7 Å². The molecule has 6 nitrogen and oxygen atoms in total. The van der Waals surface area contributed by atoms with Crippen LogP contribution in [0.1, 0.15) is 72.8 Å². The first-order valence-electron chi connectivity index (χ1n) is 13.8. The largest absolute Gasteiger partial charge is 0.494 e. The Labute approximate surface area is 211 Å². The van der Waals surface area contributed by atoms with E-state index in [1.165, 1.54) is 18.7 Å². The van der Waals surface area contributed by atoms with E-state index in [0.29, 0.717) is 18.0 Å². The third-order valence-electron chi connectivity index (χ3n) is 10.4. The van der Waals surface area contributed by atoms with Gasteiger partial charge in [0.2, 0.25) is 5.91 Å². The van der Waals surface area contributed by atoms with Crippen LogP contribution in [0.3, 0.4) is 0 Å². The van der Waals surface area contributed by atoms with Gasteiger partial charge in [-0.05, 0) is 95.4 Å². The van der Waals surface area contributed by atoms with Gasteiger partial charge in [-0.15, -0.1) is 0 Å². The minimum atomic E-state index is -0.409. The van der Waals surface area contributed by atoms with E-state index in [9.17, 15) is 4.79 Å². The number of hydrogen-bond acceptors (Lipinski definition) is 5. The highest BCUT2D eigenvalue weighted by atomic mass is 16.7. The van der Waals surface area contributed by atoms with Crippen molar-refractivity contribution in [2.75, 3.05) is 31.1 Å². The zero-order valence-electron chi connectivity index (χ0n) is 22.4. The number of likely N-dealkylation sites (tertiary alicyclic amines) is 1. The Balaban J connectivity index is 1.30. The number of nitrogens with zero attached hydrogens (tertiary/aromatic N) is 2. The predicted octanol–water partition coefficient (Wildman–Crippen LogP) is 3.07. The van der Waals surface area contributed by atoms with E-state index >= 15 is 0 Å². The zero-order valence-corrected chi connectivity index (χ0v) is 22.4. The van der Waals surface area contributed by atoms with E-state index in [4.69, 9.17) is 9.31 Å². The van der Waals surface area contributed by atoms with Crippen LogP contribution in [-0.4, -0.2) is 67.4 Å². The Bertz CT molecular complexity index is 989. The summed E-state index contributed by atoms with van der Waals surface area (Å²) in [5.41, 5.74) is 2.20. The number of amides is 1. The highest BCUT2D eigenvalue weighted by Crippen LogP contribution is 2.50. The highest BCUT2D eigenvalue weighted by molar-refractivity contribution is 6.62. The van der Waals surface area contributed by atoms with Crippen molar-refractivity contribution < 1.29 is 14.1 Å². The van der Waals surface area contributed by atoms with Crippen molar-refractivity contribution in [1.82, 2.24) is 10.2 Å². The Kier molecular flexibility index (Phi) is 5.51. The molecule has 1 amide bonds. The van der Waals surface area contributed by atoms with Crippen LogP contribution in [0.4, 0.5) is 5.69 Å². The van der Waals surface area contributed by atoms with Crippen LogP contribution in [-0.2, 0) is 19.5 Å². The molecule has 35 heavy (non-hydrogen) atoms. The number of nitrogens with one attached hydrogen (secondary N) is 1. The molecule has 3 saturated heterocycles. The first-order valence-corrected chi connectivity index (χ1v) is 13.8. The quantitative estimate of drug-likeness (QED) is 0.676. The van der Waals surface area contributed by atoms with Crippen LogP contribution in [0.2, 0.25) is 0 Å². The maximum Gasteiger partial charge on any atom is 0.494 e. The van der Waals surface area contributed by atoms with E-state index in [1.54, 1.807) is 0 Å². The molecule has 5 aliphatic rings. The van der Waals surface area contributed by atoms with E-state index < -0.39 is 7.12 Å². The molecule has 4 fully saturated rings. The second kappa shape index (κ2) is 8.05. The third kappa shape index (κ3) is 3.56. The van der Waals surface area contributed by atoms with Crippen LogP contribution in [0, 0.1) is 11.8 Å². The molecule has 4 heterocycles. The summed E-state index contributed by atoms with van der Waals surface area (Å²) in [6, 6.07) is 7.45. The molecule has 1 saturated carbocycles. The van der Waals surface area contributed by atoms with Gasteiger partial charge in [0.05, 0.1) is 16.6 Å². The molecule has 4 aliphatic heterocycles. The molecule has 1 spiro atoms. The fraction of sp³-hybridized carbons (Fsp3) is 0.750. The van der Waals surface area contributed by atoms with Gasteiger partial charge >= 0.3 is 7.12 Å². The summed E-state index contributed by atoms with van der Waals surface area (Å²) < 4.78 is 12.7. The Morgan fingerprint density at radius 1 is 0.943 bits per heavy atom. The van der Waals surface area contributed by atoms with Gasteiger partial charge in [-0.1, -0.05) is 26.0 Å². The van der Waals surface area contributed by atoms with Crippen molar-refractivity contribution in [2.45, 2.75) is 95.9 Å². The second-order valence-electron chi connectivity index (χ2n) is 13.1. The lowest BCUT2D eigenvalue weighted by molar-refractivity contribution is -0.125. The van der Waals surface area contributed by atoms with Gasteiger partial charge in [-0.3, -0.25) is 9.69 Å². The predicted molar refractivity (Wildman–Crippen MR) is 140 cm³/mol. The third-order valence-corrected chi connectivity index (χ3v) is 10.4. The van der Waals surface area contributed by atoms with Gasteiger partial charge in [0.15, 0.2) is 0 Å². The summed E-state index contributed by atoms with van der Waals surface area (Å²) in [5.74, 6) is 1.86. The molecule has 0 unspecified atom stereocenters. The smallest absolute Gasteiger partial charge is 0.399 e. The molecule has 190 valence electrons. The lowest BCUT2D eigenvalue weighted by Gasteiger charge is -2.46. The molecule has 6 rings (SSSR count). The van der Waals surface area contributed by atoms with Gasteiger partial charge in [-0.25, -0.2) is 0 Å². The fourth-order valence-corrected chi connectivity index (χ4v) is 6.97. The summed E-state index contributed by atoms with van der Waals surface area (Å²) in [5, 5.41) is 3.47. The summed E-state index contributed by atoms with van der Waals surface area (Å²) >= 11 is 0. The number of carbonyl (C=O) groups is 1. The Morgan fingerprint density at radius 3 is 2.14 bits per heavy atom. The van der Waals surface area contributed by atoms with E-state index in [0.717, 1.165) is 61.8 Å². The van der Waals surface area contributed by atoms with E-state index in [1.807, 2.05) is 0 Å². The monoisotopic (exact) mass is 479 g/mol.